The summed E-state index contributed by atoms with van der Waals surface area (Å²) in [7, 11) is -3.45. The van der Waals surface area contributed by atoms with E-state index in [4.69, 9.17) is 5.73 Å². The number of hydrogen-bond acceptors (Lipinski definition) is 3. The van der Waals surface area contributed by atoms with Gasteiger partial charge in [0.05, 0.1) is 0 Å². The van der Waals surface area contributed by atoms with E-state index in [0.29, 0.717) is 22.5 Å². The number of anilines is 1. The second-order valence-corrected chi connectivity index (χ2v) is 7.28. The Morgan fingerprint density at radius 1 is 1.35 bits per heavy atom. The topological polar surface area (TPSA) is 79.2 Å². The average Bonchev–Trinajstić information content (AvgIpc) is 2.82. The van der Waals surface area contributed by atoms with Gasteiger partial charge in [-0.1, -0.05) is 6.42 Å². The molecule has 2 heterocycles. The number of aromatic nitrogens is 1. The number of fused-ring (bicyclic) bond motifs is 1. The molecule has 1 atom stereocenters. The number of benzene rings is 1. The number of nitrogens with two attached hydrogens (primary N) is 1. The zero-order valence-electron chi connectivity index (χ0n) is 11.5. The van der Waals surface area contributed by atoms with Crippen LogP contribution in [-0.4, -0.2) is 30.3 Å². The number of nitrogens with zero attached hydrogens (tertiary/aromatic N) is 1. The molecule has 3 N–H and O–H groups in total. The smallest absolute Gasteiger partial charge is 0.245 e. The summed E-state index contributed by atoms with van der Waals surface area (Å²) in [5, 5.41) is 0.706. The number of sulfonamides is 1. The molecule has 5 nitrogen and oxygen atoms in total. The summed E-state index contributed by atoms with van der Waals surface area (Å²) in [5.74, 6) is 0. The van der Waals surface area contributed by atoms with Crippen molar-refractivity contribution in [1.29, 1.82) is 0 Å². The van der Waals surface area contributed by atoms with Crippen LogP contribution in [0.2, 0.25) is 0 Å². The first-order valence-corrected chi connectivity index (χ1v) is 8.32. The minimum Gasteiger partial charge on any atom is -0.399 e. The van der Waals surface area contributed by atoms with E-state index in [1.54, 1.807) is 28.7 Å². The van der Waals surface area contributed by atoms with Crippen LogP contribution in [0.3, 0.4) is 0 Å². The third-order valence-electron chi connectivity index (χ3n) is 4.00. The Morgan fingerprint density at radius 2 is 2.15 bits per heavy atom. The van der Waals surface area contributed by atoms with Gasteiger partial charge in [-0.05, 0) is 38.0 Å². The summed E-state index contributed by atoms with van der Waals surface area (Å²) < 4.78 is 27.3. The summed E-state index contributed by atoms with van der Waals surface area (Å²) in [6.07, 6.45) is 4.52. The Balaban J connectivity index is 2.09. The maximum atomic E-state index is 12.8. The van der Waals surface area contributed by atoms with E-state index < -0.39 is 10.0 Å². The average molecular weight is 293 g/mol. The monoisotopic (exact) mass is 293 g/mol. The Morgan fingerprint density at radius 3 is 2.90 bits per heavy atom. The van der Waals surface area contributed by atoms with Crippen LogP contribution in [0.25, 0.3) is 10.9 Å². The number of nitrogen functional groups attached to an aromatic ring is 1. The van der Waals surface area contributed by atoms with E-state index in [-0.39, 0.29) is 6.04 Å². The zero-order chi connectivity index (χ0) is 14.3. The van der Waals surface area contributed by atoms with Crippen LogP contribution >= 0.6 is 0 Å². The highest BCUT2D eigenvalue weighted by Gasteiger charge is 2.32. The summed E-state index contributed by atoms with van der Waals surface area (Å²) in [6, 6.07) is 5.32. The number of hydrogen-bond donors (Lipinski definition) is 2. The fourth-order valence-corrected chi connectivity index (χ4v) is 4.75. The van der Waals surface area contributed by atoms with Crippen LogP contribution in [0.15, 0.2) is 29.3 Å². The first kappa shape index (κ1) is 13.5. The molecule has 1 aliphatic rings. The van der Waals surface area contributed by atoms with Crippen molar-refractivity contribution in [3.05, 3.63) is 24.4 Å². The largest absolute Gasteiger partial charge is 0.399 e. The van der Waals surface area contributed by atoms with Crippen LogP contribution in [0.4, 0.5) is 5.69 Å². The predicted octanol–water partition coefficient (Wildman–Crippen LogP) is 2.31. The second-order valence-electron chi connectivity index (χ2n) is 5.42. The van der Waals surface area contributed by atoms with Gasteiger partial charge in [0.15, 0.2) is 0 Å². The van der Waals surface area contributed by atoms with Crippen LogP contribution in [-0.2, 0) is 10.0 Å². The second kappa shape index (κ2) is 4.79. The van der Waals surface area contributed by atoms with Gasteiger partial charge in [-0.3, -0.25) is 0 Å². The minimum atomic E-state index is -3.45. The predicted molar refractivity (Wildman–Crippen MR) is 79.9 cm³/mol. The van der Waals surface area contributed by atoms with Gasteiger partial charge < -0.3 is 10.7 Å². The van der Waals surface area contributed by atoms with Crippen molar-refractivity contribution in [3.8, 4) is 0 Å². The Kier molecular flexibility index (Phi) is 3.22. The molecule has 0 radical (unpaired) electrons. The van der Waals surface area contributed by atoms with Crippen molar-refractivity contribution in [2.75, 3.05) is 12.3 Å². The van der Waals surface area contributed by atoms with Crippen molar-refractivity contribution < 1.29 is 8.42 Å². The number of piperidine rings is 1. The van der Waals surface area contributed by atoms with Crippen molar-refractivity contribution >= 4 is 26.6 Å². The van der Waals surface area contributed by atoms with E-state index in [0.717, 1.165) is 24.8 Å². The van der Waals surface area contributed by atoms with Gasteiger partial charge >= 0.3 is 0 Å². The summed E-state index contributed by atoms with van der Waals surface area (Å²) in [5.41, 5.74) is 7.10. The fraction of sp³-hybridized carbons (Fsp3) is 0.429. The van der Waals surface area contributed by atoms with E-state index >= 15 is 0 Å². The molecule has 3 rings (SSSR count). The zero-order valence-corrected chi connectivity index (χ0v) is 12.3. The van der Waals surface area contributed by atoms with Gasteiger partial charge in [-0.15, -0.1) is 0 Å². The molecule has 20 heavy (non-hydrogen) atoms. The molecule has 1 fully saturated rings. The number of rotatable bonds is 2. The SMILES string of the molecule is CC1CCCCN1S(=O)(=O)c1c[nH]c2cc(N)ccc12. The van der Waals surface area contributed by atoms with Crippen molar-refractivity contribution in [3.63, 3.8) is 0 Å². The van der Waals surface area contributed by atoms with Crippen LogP contribution in [0.5, 0.6) is 0 Å². The summed E-state index contributed by atoms with van der Waals surface area (Å²) >= 11 is 0. The molecule has 1 unspecified atom stereocenters. The van der Waals surface area contributed by atoms with Gasteiger partial charge in [0, 0.05) is 35.4 Å². The Bertz CT molecular complexity index is 736. The standard InChI is InChI=1S/C14H19N3O2S/c1-10-4-2-3-7-17(10)20(18,19)14-9-16-13-8-11(15)5-6-12(13)14/h5-6,8-10,16H,2-4,7,15H2,1H3. The van der Waals surface area contributed by atoms with E-state index in [2.05, 4.69) is 4.98 Å². The number of aromatic amines is 1. The molecular weight excluding hydrogens is 274 g/mol. The molecule has 1 aromatic heterocycles. The van der Waals surface area contributed by atoms with Gasteiger partial charge in [0.2, 0.25) is 10.0 Å². The summed E-state index contributed by atoms with van der Waals surface area (Å²) in [4.78, 5) is 3.35. The number of nitrogens with one attached hydrogen (secondary N) is 1. The van der Waals surface area contributed by atoms with Crippen LogP contribution < -0.4 is 5.73 Å². The van der Waals surface area contributed by atoms with Crippen molar-refractivity contribution in [1.82, 2.24) is 9.29 Å². The van der Waals surface area contributed by atoms with Crippen molar-refractivity contribution in [2.24, 2.45) is 0 Å². The lowest BCUT2D eigenvalue weighted by atomic mass is 10.1. The molecule has 1 aromatic carbocycles. The molecule has 0 amide bonds. The minimum absolute atomic E-state index is 0.0625. The van der Waals surface area contributed by atoms with Gasteiger partial charge in [-0.25, -0.2) is 8.42 Å². The van der Waals surface area contributed by atoms with Crippen molar-refractivity contribution in [2.45, 2.75) is 37.1 Å². The fourth-order valence-electron chi connectivity index (χ4n) is 2.89. The van der Waals surface area contributed by atoms with Gasteiger partial charge in [0.1, 0.15) is 4.90 Å². The highest BCUT2D eigenvalue weighted by molar-refractivity contribution is 7.89. The third-order valence-corrected chi connectivity index (χ3v) is 6.05. The molecule has 0 saturated carbocycles. The lowest BCUT2D eigenvalue weighted by Crippen LogP contribution is -2.41. The highest BCUT2D eigenvalue weighted by Crippen LogP contribution is 2.30. The molecule has 0 aliphatic carbocycles. The number of H-pyrrole nitrogens is 1. The lowest BCUT2D eigenvalue weighted by molar-refractivity contribution is 0.269. The molecule has 2 aromatic rings. The molecular formula is C14H19N3O2S. The lowest BCUT2D eigenvalue weighted by Gasteiger charge is -2.32. The maximum Gasteiger partial charge on any atom is 0.245 e. The molecule has 0 bridgehead atoms. The van der Waals surface area contributed by atoms with E-state index in [9.17, 15) is 8.42 Å². The van der Waals surface area contributed by atoms with E-state index in [1.165, 1.54) is 0 Å². The van der Waals surface area contributed by atoms with Crippen LogP contribution in [0.1, 0.15) is 26.2 Å². The molecule has 0 spiro atoms. The van der Waals surface area contributed by atoms with Crippen LogP contribution in [0, 0.1) is 0 Å². The first-order valence-electron chi connectivity index (χ1n) is 6.88. The molecule has 1 saturated heterocycles. The first-order chi connectivity index (χ1) is 9.50. The van der Waals surface area contributed by atoms with E-state index in [1.807, 2.05) is 6.92 Å². The molecule has 6 heteroatoms. The Hall–Kier alpha value is -1.53. The quantitative estimate of drug-likeness (QED) is 0.834. The third kappa shape index (κ3) is 2.09. The highest BCUT2D eigenvalue weighted by atomic mass is 32.2. The molecule has 108 valence electrons. The normalized spacial score (nSPS) is 21.4. The maximum absolute atomic E-state index is 12.8. The molecule has 1 aliphatic heterocycles. The van der Waals surface area contributed by atoms with Gasteiger partial charge in [0.25, 0.3) is 0 Å². The summed E-state index contributed by atoms with van der Waals surface area (Å²) in [6.45, 7) is 2.58. The Labute approximate surface area is 118 Å². The van der Waals surface area contributed by atoms with Gasteiger partial charge in [-0.2, -0.15) is 4.31 Å².